The minimum Gasteiger partial charge on any atom is -0.480 e. The van der Waals surface area contributed by atoms with Crippen LogP contribution >= 0.6 is 11.8 Å². The van der Waals surface area contributed by atoms with Gasteiger partial charge in [-0.1, -0.05) is 6.07 Å². The summed E-state index contributed by atoms with van der Waals surface area (Å²) >= 11 is 1.57. The zero-order valence-electron chi connectivity index (χ0n) is 9.30. The Morgan fingerprint density at radius 2 is 2.18 bits per heavy atom. The highest BCUT2D eigenvalue weighted by atomic mass is 32.2. The third-order valence-corrected chi connectivity index (χ3v) is 2.54. The van der Waals surface area contributed by atoms with Gasteiger partial charge in [0.25, 0.3) is 0 Å². The number of carbonyl (C=O) groups is 2. The first-order chi connectivity index (χ1) is 8.11. The fourth-order valence-corrected chi connectivity index (χ4v) is 1.59. The summed E-state index contributed by atoms with van der Waals surface area (Å²) in [5, 5.41) is 10.9. The summed E-state index contributed by atoms with van der Waals surface area (Å²) in [6.07, 6.45) is 1.94. The van der Waals surface area contributed by atoms with E-state index in [2.05, 4.69) is 10.1 Å². The minimum atomic E-state index is -1.10. The highest BCUT2D eigenvalue weighted by Gasteiger charge is 2.04. The largest absolute Gasteiger partial charge is 0.480 e. The van der Waals surface area contributed by atoms with E-state index in [1.807, 2.05) is 24.5 Å². The lowest BCUT2D eigenvalue weighted by molar-refractivity contribution is -0.143. The van der Waals surface area contributed by atoms with Crippen LogP contribution in [-0.2, 0) is 14.3 Å². The number of anilines is 1. The predicted octanol–water partition coefficient (Wildman–Crippen LogP) is 1.45. The monoisotopic (exact) mass is 255 g/mol. The van der Waals surface area contributed by atoms with E-state index >= 15 is 0 Å². The van der Waals surface area contributed by atoms with Gasteiger partial charge in [0, 0.05) is 10.6 Å². The van der Waals surface area contributed by atoms with Crippen LogP contribution in [0.4, 0.5) is 5.69 Å². The van der Waals surface area contributed by atoms with Gasteiger partial charge < -0.3 is 15.2 Å². The van der Waals surface area contributed by atoms with Gasteiger partial charge in [0.2, 0.25) is 5.91 Å². The van der Waals surface area contributed by atoms with E-state index in [-0.39, 0.29) is 12.5 Å². The Labute approximate surface area is 103 Å². The second-order valence-electron chi connectivity index (χ2n) is 3.17. The molecule has 0 fully saturated rings. The van der Waals surface area contributed by atoms with Gasteiger partial charge in [0.15, 0.2) is 0 Å². The summed E-state index contributed by atoms with van der Waals surface area (Å²) in [4.78, 5) is 22.6. The van der Waals surface area contributed by atoms with Crippen LogP contribution in [0.5, 0.6) is 0 Å². The molecule has 0 aliphatic heterocycles. The number of carboxylic acid groups (broad SMARTS) is 1. The van der Waals surface area contributed by atoms with Crippen LogP contribution in [-0.4, -0.2) is 36.5 Å². The topological polar surface area (TPSA) is 75.6 Å². The van der Waals surface area contributed by atoms with Crippen LogP contribution in [0.1, 0.15) is 0 Å². The minimum absolute atomic E-state index is 0.268. The van der Waals surface area contributed by atoms with Crippen LogP contribution in [0, 0.1) is 0 Å². The van der Waals surface area contributed by atoms with Gasteiger partial charge in [-0.2, -0.15) is 0 Å². The molecule has 92 valence electrons. The van der Waals surface area contributed by atoms with Crippen LogP contribution < -0.4 is 5.32 Å². The summed E-state index contributed by atoms with van der Waals surface area (Å²) in [5.41, 5.74) is 0.667. The van der Waals surface area contributed by atoms with Gasteiger partial charge in [-0.05, 0) is 24.5 Å². The zero-order valence-corrected chi connectivity index (χ0v) is 10.1. The van der Waals surface area contributed by atoms with Crippen molar-refractivity contribution in [3.05, 3.63) is 24.3 Å². The molecule has 0 atom stereocenters. The number of thioether (sulfide) groups is 1. The zero-order chi connectivity index (χ0) is 12.7. The number of hydrogen-bond donors (Lipinski definition) is 2. The molecular formula is C11H13NO4S. The molecule has 1 rings (SSSR count). The second-order valence-corrected chi connectivity index (χ2v) is 4.05. The number of hydrogen-bond acceptors (Lipinski definition) is 4. The molecular weight excluding hydrogens is 242 g/mol. The molecule has 0 radical (unpaired) electrons. The van der Waals surface area contributed by atoms with Crippen molar-refractivity contribution >= 4 is 29.3 Å². The smallest absolute Gasteiger partial charge is 0.329 e. The molecule has 0 saturated carbocycles. The molecule has 0 saturated heterocycles. The lowest BCUT2D eigenvalue weighted by atomic mass is 10.3. The SMILES string of the molecule is CSc1cccc(NC(=O)COCC(=O)O)c1. The molecule has 5 nitrogen and oxygen atoms in total. The summed E-state index contributed by atoms with van der Waals surface area (Å²) in [6.45, 7) is -0.742. The Morgan fingerprint density at radius 3 is 2.82 bits per heavy atom. The number of benzene rings is 1. The molecule has 2 N–H and O–H groups in total. The summed E-state index contributed by atoms with van der Waals surface area (Å²) < 4.78 is 4.67. The van der Waals surface area contributed by atoms with Crippen LogP contribution in [0.15, 0.2) is 29.2 Å². The Bertz CT molecular complexity index is 408. The van der Waals surface area contributed by atoms with Crippen molar-refractivity contribution in [2.75, 3.05) is 24.8 Å². The standard InChI is InChI=1S/C11H13NO4S/c1-17-9-4-2-3-8(5-9)12-10(13)6-16-7-11(14)15/h2-5H,6-7H2,1H3,(H,12,13)(H,14,15). The number of rotatable bonds is 6. The molecule has 0 spiro atoms. The van der Waals surface area contributed by atoms with Crippen molar-refractivity contribution in [2.24, 2.45) is 0 Å². The van der Waals surface area contributed by atoms with Gasteiger partial charge in [0.05, 0.1) is 0 Å². The molecule has 0 bridgehead atoms. The van der Waals surface area contributed by atoms with Gasteiger partial charge in [0.1, 0.15) is 13.2 Å². The molecule has 1 amide bonds. The van der Waals surface area contributed by atoms with E-state index in [1.165, 1.54) is 0 Å². The maximum Gasteiger partial charge on any atom is 0.329 e. The van der Waals surface area contributed by atoms with E-state index in [9.17, 15) is 9.59 Å². The molecule has 17 heavy (non-hydrogen) atoms. The lowest BCUT2D eigenvalue weighted by Gasteiger charge is -2.06. The number of amides is 1. The van der Waals surface area contributed by atoms with E-state index in [0.29, 0.717) is 5.69 Å². The molecule has 0 heterocycles. The van der Waals surface area contributed by atoms with Crippen LogP contribution in [0.2, 0.25) is 0 Å². The molecule has 0 aliphatic rings. The van der Waals surface area contributed by atoms with Crippen molar-refractivity contribution < 1.29 is 19.4 Å². The van der Waals surface area contributed by atoms with Crippen molar-refractivity contribution in [3.63, 3.8) is 0 Å². The fourth-order valence-electron chi connectivity index (χ4n) is 1.13. The maximum atomic E-state index is 11.4. The molecule has 0 aliphatic carbocycles. The van der Waals surface area contributed by atoms with Gasteiger partial charge in [-0.3, -0.25) is 4.79 Å². The van der Waals surface area contributed by atoms with Crippen LogP contribution in [0.3, 0.4) is 0 Å². The number of carboxylic acids is 1. The van der Waals surface area contributed by atoms with Crippen LogP contribution in [0.25, 0.3) is 0 Å². The number of ether oxygens (including phenoxy) is 1. The Morgan fingerprint density at radius 1 is 1.41 bits per heavy atom. The molecule has 6 heteroatoms. The molecule has 0 unspecified atom stereocenters. The normalized spacial score (nSPS) is 9.94. The van der Waals surface area contributed by atoms with Gasteiger partial charge in [-0.15, -0.1) is 11.8 Å². The summed E-state index contributed by atoms with van der Waals surface area (Å²) in [6, 6.07) is 7.36. The van der Waals surface area contributed by atoms with E-state index in [4.69, 9.17) is 5.11 Å². The van der Waals surface area contributed by atoms with Crippen molar-refractivity contribution in [2.45, 2.75) is 4.90 Å². The van der Waals surface area contributed by atoms with Crippen molar-refractivity contribution in [3.8, 4) is 0 Å². The maximum absolute atomic E-state index is 11.4. The average Bonchev–Trinajstić information content (AvgIpc) is 2.28. The first-order valence-electron chi connectivity index (χ1n) is 4.85. The van der Waals surface area contributed by atoms with E-state index in [1.54, 1.807) is 17.8 Å². The fraction of sp³-hybridized carbons (Fsp3) is 0.273. The molecule has 0 aromatic heterocycles. The molecule has 1 aromatic rings. The lowest BCUT2D eigenvalue weighted by Crippen LogP contribution is -2.20. The Balaban J connectivity index is 2.42. The number of carbonyl (C=O) groups excluding carboxylic acids is 1. The summed E-state index contributed by atoms with van der Waals surface area (Å²) in [7, 11) is 0. The third-order valence-electron chi connectivity index (χ3n) is 1.81. The Hall–Kier alpha value is -1.53. The van der Waals surface area contributed by atoms with Gasteiger partial charge in [-0.25, -0.2) is 4.79 Å². The highest BCUT2D eigenvalue weighted by Crippen LogP contribution is 2.18. The average molecular weight is 255 g/mol. The highest BCUT2D eigenvalue weighted by molar-refractivity contribution is 7.98. The summed E-state index contributed by atoms with van der Waals surface area (Å²) in [5.74, 6) is -1.47. The quantitative estimate of drug-likeness (QED) is 0.752. The first-order valence-corrected chi connectivity index (χ1v) is 6.07. The van der Waals surface area contributed by atoms with E-state index in [0.717, 1.165) is 4.90 Å². The van der Waals surface area contributed by atoms with Gasteiger partial charge >= 0.3 is 5.97 Å². The predicted molar refractivity (Wildman–Crippen MR) is 65.3 cm³/mol. The third kappa shape index (κ3) is 5.37. The van der Waals surface area contributed by atoms with Crippen molar-refractivity contribution in [1.29, 1.82) is 0 Å². The second kappa shape index (κ2) is 6.93. The number of aliphatic carboxylic acids is 1. The molecule has 1 aromatic carbocycles. The first kappa shape index (κ1) is 13.5. The number of nitrogens with one attached hydrogen (secondary N) is 1. The van der Waals surface area contributed by atoms with Crippen molar-refractivity contribution in [1.82, 2.24) is 0 Å². The van der Waals surface area contributed by atoms with E-state index < -0.39 is 12.6 Å². The Kier molecular flexibility index (Phi) is 5.51.